The van der Waals surface area contributed by atoms with Crippen molar-refractivity contribution in [2.75, 3.05) is 17.3 Å². The molecule has 1 atom stereocenters. The Labute approximate surface area is 97.9 Å². The van der Waals surface area contributed by atoms with Crippen LogP contribution in [0.5, 0.6) is 0 Å². The Morgan fingerprint density at radius 2 is 2.08 bits per heavy atom. The lowest BCUT2D eigenvalue weighted by atomic mass is 10.0. The van der Waals surface area contributed by atoms with Gasteiger partial charge in [0.1, 0.15) is 0 Å². The van der Waals surface area contributed by atoms with Crippen LogP contribution < -0.4 is 0 Å². The Morgan fingerprint density at radius 3 is 2.62 bits per heavy atom. The molecule has 1 aliphatic rings. The van der Waals surface area contributed by atoms with Gasteiger partial charge in [-0.1, -0.05) is 38.3 Å². The standard InChI is InChI=1S/C10H18Br2O/c11-7-9(8-12)3-1-4-10-5-2-6-13-10/h9-10H,1-8H2. The summed E-state index contributed by atoms with van der Waals surface area (Å²) in [6, 6.07) is 0. The molecule has 13 heavy (non-hydrogen) atoms. The van der Waals surface area contributed by atoms with E-state index in [1.54, 1.807) is 0 Å². The van der Waals surface area contributed by atoms with Crippen LogP contribution in [0.25, 0.3) is 0 Å². The van der Waals surface area contributed by atoms with E-state index >= 15 is 0 Å². The van der Waals surface area contributed by atoms with Gasteiger partial charge in [0, 0.05) is 17.3 Å². The van der Waals surface area contributed by atoms with Gasteiger partial charge >= 0.3 is 0 Å². The van der Waals surface area contributed by atoms with Crippen LogP contribution in [0.1, 0.15) is 32.1 Å². The summed E-state index contributed by atoms with van der Waals surface area (Å²) in [5, 5.41) is 2.23. The molecule has 1 nitrogen and oxygen atoms in total. The topological polar surface area (TPSA) is 9.23 Å². The van der Waals surface area contributed by atoms with Gasteiger partial charge < -0.3 is 4.74 Å². The van der Waals surface area contributed by atoms with E-state index in [4.69, 9.17) is 4.74 Å². The highest BCUT2D eigenvalue weighted by atomic mass is 79.9. The molecular formula is C10H18Br2O. The van der Waals surface area contributed by atoms with Crippen molar-refractivity contribution >= 4 is 31.9 Å². The predicted molar refractivity (Wildman–Crippen MR) is 63.9 cm³/mol. The zero-order chi connectivity index (χ0) is 9.52. The predicted octanol–water partition coefficient (Wildman–Crippen LogP) is 3.74. The molecule has 0 saturated carbocycles. The number of halogens is 2. The van der Waals surface area contributed by atoms with Crippen molar-refractivity contribution in [2.45, 2.75) is 38.2 Å². The first kappa shape index (κ1) is 12.0. The van der Waals surface area contributed by atoms with Crippen molar-refractivity contribution < 1.29 is 4.74 Å². The monoisotopic (exact) mass is 312 g/mol. The van der Waals surface area contributed by atoms with Crippen LogP contribution in [0.2, 0.25) is 0 Å². The van der Waals surface area contributed by atoms with Gasteiger partial charge in [-0.05, 0) is 31.6 Å². The summed E-state index contributed by atoms with van der Waals surface area (Å²) in [5.41, 5.74) is 0. The minimum Gasteiger partial charge on any atom is -0.378 e. The second-order valence-electron chi connectivity index (χ2n) is 3.74. The quantitative estimate of drug-likeness (QED) is 0.679. The Hall–Kier alpha value is 0.920. The molecule has 0 radical (unpaired) electrons. The maximum absolute atomic E-state index is 5.58. The molecule has 1 unspecified atom stereocenters. The summed E-state index contributed by atoms with van der Waals surface area (Å²) < 4.78 is 5.58. The van der Waals surface area contributed by atoms with E-state index in [0.717, 1.165) is 23.2 Å². The van der Waals surface area contributed by atoms with E-state index in [-0.39, 0.29) is 0 Å². The minimum atomic E-state index is 0.575. The van der Waals surface area contributed by atoms with Crippen LogP contribution in [-0.4, -0.2) is 23.4 Å². The largest absolute Gasteiger partial charge is 0.378 e. The molecular weight excluding hydrogens is 296 g/mol. The molecule has 0 N–H and O–H groups in total. The fourth-order valence-corrected chi connectivity index (χ4v) is 3.42. The molecule has 1 aliphatic heterocycles. The summed E-state index contributed by atoms with van der Waals surface area (Å²) in [6.45, 7) is 0.991. The van der Waals surface area contributed by atoms with Gasteiger partial charge in [0.15, 0.2) is 0 Å². The van der Waals surface area contributed by atoms with Gasteiger partial charge in [0.2, 0.25) is 0 Å². The van der Waals surface area contributed by atoms with Crippen molar-refractivity contribution in [1.82, 2.24) is 0 Å². The number of rotatable bonds is 6. The normalized spacial score (nSPS) is 22.8. The zero-order valence-electron chi connectivity index (χ0n) is 7.98. The van der Waals surface area contributed by atoms with Crippen molar-refractivity contribution in [3.8, 4) is 0 Å². The zero-order valence-corrected chi connectivity index (χ0v) is 11.1. The van der Waals surface area contributed by atoms with Gasteiger partial charge in [-0.15, -0.1) is 0 Å². The lowest BCUT2D eigenvalue weighted by Crippen LogP contribution is -2.08. The first-order valence-corrected chi connectivity index (χ1v) is 7.34. The smallest absolute Gasteiger partial charge is 0.0576 e. The lowest BCUT2D eigenvalue weighted by Gasteiger charge is -2.12. The molecule has 1 heterocycles. The number of hydrogen-bond acceptors (Lipinski definition) is 1. The highest BCUT2D eigenvalue weighted by molar-refractivity contribution is 9.09. The van der Waals surface area contributed by atoms with Crippen molar-refractivity contribution in [2.24, 2.45) is 5.92 Å². The summed E-state index contributed by atoms with van der Waals surface area (Å²) in [4.78, 5) is 0. The van der Waals surface area contributed by atoms with Crippen LogP contribution in [0, 0.1) is 5.92 Å². The molecule has 1 rings (SSSR count). The van der Waals surface area contributed by atoms with E-state index < -0.39 is 0 Å². The van der Waals surface area contributed by atoms with Gasteiger partial charge in [-0.25, -0.2) is 0 Å². The highest BCUT2D eigenvalue weighted by Crippen LogP contribution is 2.20. The summed E-state index contributed by atoms with van der Waals surface area (Å²) in [7, 11) is 0. The minimum absolute atomic E-state index is 0.575. The molecule has 1 saturated heterocycles. The van der Waals surface area contributed by atoms with Gasteiger partial charge in [-0.3, -0.25) is 0 Å². The average molecular weight is 314 g/mol. The molecule has 0 aromatic carbocycles. The molecule has 3 heteroatoms. The summed E-state index contributed by atoms with van der Waals surface area (Å²) in [5.74, 6) is 0.793. The fraction of sp³-hybridized carbons (Fsp3) is 1.00. The first-order chi connectivity index (χ1) is 6.36. The highest BCUT2D eigenvalue weighted by Gasteiger charge is 2.15. The average Bonchev–Trinajstić information content (AvgIpc) is 2.65. The van der Waals surface area contributed by atoms with Crippen LogP contribution in [0.4, 0.5) is 0 Å². The SMILES string of the molecule is BrCC(CBr)CCCC1CCCO1. The molecule has 0 amide bonds. The third-order valence-corrected chi connectivity index (χ3v) is 4.43. The summed E-state index contributed by atoms with van der Waals surface area (Å²) >= 11 is 7.06. The second-order valence-corrected chi connectivity index (χ2v) is 5.04. The van der Waals surface area contributed by atoms with Crippen LogP contribution in [0.15, 0.2) is 0 Å². The van der Waals surface area contributed by atoms with Gasteiger partial charge in [0.25, 0.3) is 0 Å². The van der Waals surface area contributed by atoms with Crippen LogP contribution in [-0.2, 0) is 4.74 Å². The van der Waals surface area contributed by atoms with Crippen LogP contribution in [0.3, 0.4) is 0 Å². The van der Waals surface area contributed by atoms with Crippen LogP contribution >= 0.6 is 31.9 Å². The lowest BCUT2D eigenvalue weighted by molar-refractivity contribution is 0.101. The van der Waals surface area contributed by atoms with Crippen molar-refractivity contribution in [3.05, 3.63) is 0 Å². The molecule has 0 spiro atoms. The number of alkyl halides is 2. The van der Waals surface area contributed by atoms with E-state index in [9.17, 15) is 0 Å². The molecule has 0 aromatic rings. The molecule has 1 fully saturated rings. The fourth-order valence-electron chi connectivity index (χ4n) is 1.70. The Balaban J connectivity index is 1.98. The van der Waals surface area contributed by atoms with E-state index in [0.29, 0.717) is 6.10 Å². The molecule has 78 valence electrons. The second kappa shape index (κ2) is 7.24. The summed E-state index contributed by atoms with van der Waals surface area (Å²) in [6.07, 6.45) is 7.02. The maximum atomic E-state index is 5.58. The molecule has 0 bridgehead atoms. The van der Waals surface area contributed by atoms with Crippen molar-refractivity contribution in [1.29, 1.82) is 0 Å². The van der Waals surface area contributed by atoms with E-state index in [1.165, 1.54) is 32.1 Å². The number of ether oxygens (including phenoxy) is 1. The first-order valence-electron chi connectivity index (χ1n) is 5.10. The molecule has 0 aliphatic carbocycles. The Kier molecular flexibility index (Phi) is 6.68. The van der Waals surface area contributed by atoms with Gasteiger partial charge in [-0.2, -0.15) is 0 Å². The van der Waals surface area contributed by atoms with E-state index in [1.807, 2.05) is 0 Å². The Bertz CT molecular complexity index is 118. The maximum Gasteiger partial charge on any atom is 0.0576 e. The third kappa shape index (κ3) is 4.80. The third-order valence-electron chi connectivity index (χ3n) is 2.60. The number of hydrogen-bond donors (Lipinski definition) is 0. The van der Waals surface area contributed by atoms with E-state index in [2.05, 4.69) is 31.9 Å². The van der Waals surface area contributed by atoms with Gasteiger partial charge in [0.05, 0.1) is 6.10 Å². The Morgan fingerprint density at radius 1 is 1.31 bits per heavy atom. The molecule has 0 aromatic heterocycles. The van der Waals surface area contributed by atoms with Crippen molar-refractivity contribution in [3.63, 3.8) is 0 Å².